The summed E-state index contributed by atoms with van der Waals surface area (Å²) in [6, 6.07) is 50.5. The molecule has 0 amide bonds. The van der Waals surface area contributed by atoms with Gasteiger partial charge in [-0.2, -0.15) is 0 Å². The van der Waals surface area contributed by atoms with Gasteiger partial charge in [0.2, 0.25) is 0 Å². The summed E-state index contributed by atoms with van der Waals surface area (Å²) in [6.07, 6.45) is 0. The van der Waals surface area contributed by atoms with Gasteiger partial charge < -0.3 is 0 Å². The van der Waals surface area contributed by atoms with E-state index in [1.165, 1.54) is 48.4 Å². The summed E-state index contributed by atoms with van der Waals surface area (Å²) in [5, 5.41) is 10.2. The maximum absolute atomic E-state index is 5.27. The van der Waals surface area contributed by atoms with Crippen LogP contribution in [-0.4, -0.2) is 24.5 Å². The Morgan fingerprint density at radius 1 is 0.538 bits per heavy atom. The summed E-state index contributed by atoms with van der Waals surface area (Å²) >= 11 is 3.82. The second-order valence-corrected chi connectivity index (χ2v) is 16.1. The zero-order valence-corrected chi connectivity index (χ0v) is 23.6. The van der Waals surface area contributed by atoms with Crippen molar-refractivity contribution in [3.63, 3.8) is 0 Å². The van der Waals surface area contributed by atoms with Crippen LogP contribution in [0.15, 0.2) is 140 Å². The Labute approximate surface area is 233 Å². The van der Waals surface area contributed by atoms with Gasteiger partial charge in [0, 0.05) is 0 Å². The Bertz CT molecular complexity index is 2270. The summed E-state index contributed by atoms with van der Waals surface area (Å²) in [6.45, 7) is 0. The topological polar surface area (TPSA) is 17.3 Å². The van der Waals surface area contributed by atoms with E-state index in [-0.39, 0.29) is 0 Å². The van der Waals surface area contributed by atoms with Crippen LogP contribution in [0.5, 0.6) is 0 Å². The van der Waals surface area contributed by atoms with Crippen LogP contribution >= 0.6 is 5.51 Å². The number of imidazole rings is 1. The zero-order valence-electron chi connectivity index (χ0n) is 21.0. The van der Waals surface area contributed by atoms with Gasteiger partial charge in [0.25, 0.3) is 0 Å². The van der Waals surface area contributed by atoms with Gasteiger partial charge in [-0.15, -0.1) is 0 Å². The molecule has 184 valence electrons. The molecule has 2 heterocycles. The van der Waals surface area contributed by atoms with Crippen molar-refractivity contribution >= 4 is 85.6 Å². The molecule has 1 atom stereocenters. The molecule has 4 heteroatoms. The summed E-state index contributed by atoms with van der Waals surface area (Å²) in [7, 11) is 0. The van der Waals surface area contributed by atoms with Crippen molar-refractivity contribution in [2.75, 3.05) is 0 Å². The molecule has 1 unspecified atom stereocenters. The summed E-state index contributed by atoms with van der Waals surface area (Å²) in [4.78, 5) is 5.27. The number of nitrogens with zero attached hydrogens (tertiary/aromatic N) is 2. The molecule has 0 aliphatic heterocycles. The third-order valence-electron chi connectivity index (χ3n) is 7.82. The molecule has 0 saturated carbocycles. The molecule has 0 aliphatic carbocycles. The fourth-order valence-corrected chi connectivity index (χ4v) is 11.4. The molecular weight excluding hydrogens is 558 g/mol. The molecule has 0 bridgehead atoms. The van der Waals surface area contributed by atoms with E-state index in [1.807, 2.05) is 0 Å². The molecule has 6 aromatic carbocycles. The Morgan fingerprint density at radius 2 is 1.23 bits per heavy atom. The number of fused-ring (bicyclic) bond motifs is 9. The standard InChI is InChI=1S/C35H23N2PSe/c39-38(26-13-2-1-3-14-26,27-22-21-24-11-4-5-12-25(24)23-27)33-20-10-16-29-28-15-6-8-18-31(28)37-32-19-9-7-17-30(32)36-35(37)34(29)33/h1-23H. The first-order chi connectivity index (χ1) is 19.2. The average molecular weight is 582 g/mol. The number of rotatable bonds is 3. The van der Waals surface area contributed by atoms with E-state index in [1.54, 1.807) is 0 Å². The van der Waals surface area contributed by atoms with Gasteiger partial charge in [0.05, 0.1) is 0 Å². The Morgan fingerprint density at radius 3 is 2.10 bits per heavy atom. The van der Waals surface area contributed by atoms with E-state index in [0.717, 1.165) is 16.7 Å². The first kappa shape index (κ1) is 22.9. The molecule has 0 radical (unpaired) electrons. The van der Waals surface area contributed by atoms with Crippen LogP contribution in [-0.2, 0) is 0 Å². The van der Waals surface area contributed by atoms with Crippen LogP contribution in [0.2, 0.25) is 0 Å². The third kappa shape index (κ3) is 3.35. The molecule has 2 nitrogen and oxygen atoms in total. The predicted octanol–water partition coefficient (Wildman–Crippen LogP) is 7.32. The van der Waals surface area contributed by atoms with Crippen molar-refractivity contribution in [3.05, 3.63) is 140 Å². The molecule has 8 rings (SSSR count). The van der Waals surface area contributed by atoms with Crippen LogP contribution in [0.25, 0.3) is 49.1 Å². The van der Waals surface area contributed by atoms with Crippen molar-refractivity contribution in [2.45, 2.75) is 0 Å². The van der Waals surface area contributed by atoms with Crippen LogP contribution in [0.3, 0.4) is 0 Å². The fraction of sp³-hybridized carbons (Fsp3) is 0. The molecule has 0 saturated heterocycles. The Hall–Kier alpha value is -4.00. The molecular formula is C35H23N2PSe. The zero-order chi connectivity index (χ0) is 26.0. The summed E-state index contributed by atoms with van der Waals surface area (Å²) < 4.78 is 2.35. The number of hydrogen-bond acceptors (Lipinski definition) is 1. The first-order valence-corrected chi connectivity index (χ1v) is 17.1. The van der Waals surface area contributed by atoms with E-state index >= 15 is 0 Å². The minimum atomic E-state index is -2.18. The van der Waals surface area contributed by atoms with Gasteiger partial charge in [-0.1, -0.05) is 0 Å². The van der Waals surface area contributed by atoms with Crippen LogP contribution in [0, 0.1) is 0 Å². The maximum atomic E-state index is 5.27. The van der Waals surface area contributed by atoms with E-state index < -0.39 is 5.51 Å². The quantitative estimate of drug-likeness (QED) is 0.121. The molecule has 0 aliphatic rings. The van der Waals surface area contributed by atoms with Gasteiger partial charge >= 0.3 is 235 Å². The van der Waals surface area contributed by atoms with Gasteiger partial charge in [0.1, 0.15) is 0 Å². The van der Waals surface area contributed by atoms with E-state index in [4.69, 9.17) is 4.98 Å². The van der Waals surface area contributed by atoms with Crippen molar-refractivity contribution in [2.24, 2.45) is 0 Å². The summed E-state index contributed by atoms with van der Waals surface area (Å²) in [5.74, 6) is 0. The number of para-hydroxylation sites is 3. The number of benzene rings is 6. The third-order valence-corrected chi connectivity index (χ3v) is 14.8. The molecule has 0 spiro atoms. The second kappa shape index (κ2) is 8.76. The van der Waals surface area contributed by atoms with Crippen molar-refractivity contribution in [3.8, 4) is 0 Å². The summed E-state index contributed by atoms with van der Waals surface area (Å²) in [5.41, 5.74) is 2.16. The van der Waals surface area contributed by atoms with Crippen molar-refractivity contribution in [1.82, 2.24) is 9.38 Å². The van der Waals surface area contributed by atoms with Crippen LogP contribution in [0.1, 0.15) is 0 Å². The molecule has 39 heavy (non-hydrogen) atoms. The molecule has 2 aromatic heterocycles. The number of aromatic nitrogens is 2. The normalized spacial score (nSPS) is 13.4. The van der Waals surface area contributed by atoms with Crippen molar-refractivity contribution < 1.29 is 0 Å². The van der Waals surface area contributed by atoms with Crippen molar-refractivity contribution in [1.29, 1.82) is 0 Å². The van der Waals surface area contributed by atoms with E-state index in [9.17, 15) is 0 Å². The van der Waals surface area contributed by atoms with Crippen LogP contribution < -0.4 is 15.9 Å². The van der Waals surface area contributed by atoms with Gasteiger partial charge in [-0.3, -0.25) is 0 Å². The molecule has 0 N–H and O–H groups in total. The SMILES string of the molecule is [Se]=P(c1ccccc1)(c1ccc2ccccc2c1)c1cccc2c3ccccc3n3c4ccccc4nc3c12. The number of hydrogen-bond donors (Lipinski definition) is 0. The van der Waals surface area contributed by atoms with Crippen LogP contribution in [0.4, 0.5) is 0 Å². The van der Waals surface area contributed by atoms with Gasteiger partial charge in [0.15, 0.2) is 0 Å². The average Bonchev–Trinajstić information content (AvgIpc) is 3.41. The van der Waals surface area contributed by atoms with Gasteiger partial charge in [-0.25, -0.2) is 0 Å². The Kier molecular flexibility index (Phi) is 5.15. The van der Waals surface area contributed by atoms with E-state index in [0.29, 0.717) is 0 Å². The predicted molar refractivity (Wildman–Crippen MR) is 170 cm³/mol. The first-order valence-electron chi connectivity index (χ1n) is 13.1. The number of pyridine rings is 1. The van der Waals surface area contributed by atoms with Gasteiger partial charge in [-0.05, 0) is 0 Å². The minimum absolute atomic E-state index is 1.01. The fourth-order valence-electron chi connectivity index (χ4n) is 6.03. The molecule has 8 aromatic rings. The second-order valence-electron chi connectivity index (χ2n) is 9.95. The van der Waals surface area contributed by atoms with E-state index in [2.05, 4.69) is 159 Å². The Balaban J connectivity index is 1.59. The monoisotopic (exact) mass is 582 g/mol. The molecule has 0 fully saturated rings.